The normalized spacial score (nSPS) is 11.4. The molecule has 1 aromatic carbocycles. The van der Waals surface area contributed by atoms with Crippen molar-refractivity contribution in [2.45, 2.75) is 19.5 Å². The predicted molar refractivity (Wildman–Crippen MR) is 84.9 cm³/mol. The maximum absolute atomic E-state index is 12.9. The number of carbonyl (C=O) groups is 1. The van der Waals surface area contributed by atoms with Gasteiger partial charge in [0.05, 0.1) is 17.9 Å². The first-order chi connectivity index (χ1) is 11.8. The van der Waals surface area contributed by atoms with Crippen molar-refractivity contribution in [2.24, 2.45) is 0 Å². The molecule has 8 heteroatoms. The average molecular weight is 357 g/mol. The first kappa shape index (κ1) is 18.9. The zero-order valence-corrected chi connectivity index (χ0v) is 13.8. The van der Waals surface area contributed by atoms with Crippen molar-refractivity contribution in [3.05, 3.63) is 47.4 Å². The third kappa shape index (κ3) is 4.99. The fourth-order valence-electron chi connectivity index (χ4n) is 2.04. The van der Waals surface area contributed by atoms with Crippen molar-refractivity contribution in [3.8, 4) is 5.75 Å². The molecule has 2 aromatic rings. The molecule has 2 rings (SSSR count). The fourth-order valence-corrected chi connectivity index (χ4v) is 2.04. The van der Waals surface area contributed by atoms with Crippen LogP contribution in [-0.4, -0.2) is 26.2 Å². The van der Waals surface area contributed by atoms with Gasteiger partial charge in [-0.15, -0.1) is 0 Å². The van der Waals surface area contributed by atoms with Crippen LogP contribution in [0.3, 0.4) is 0 Å². The number of rotatable bonds is 7. The largest absolute Gasteiger partial charge is 0.489 e. The van der Waals surface area contributed by atoms with E-state index in [9.17, 15) is 18.0 Å². The van der Waals surface area contributed by atoms with Crippen LogP contribution in [0.1, 0.15) is 28.8 Å². The number of alkyl halides is 3. The molecular formula is C17H18F3NO4. The molecule has 0 unspecified atom stereocenters. The van der Waals surface area contributed by atoms with E-state index in [1.165, 1.54) is 13.2 Å². The molecule has 25 heavy (non-hydrogen) atoms. The Kier molecular flexibility index (Phi) is 6.08. The van der Waals surface area contributed by atoms with E-state index >= 15 is 0 Å². The highest BCUT2D eigenvalue weighted by molar-refractivity contribution is 6.03. The van der Waals surface area contributed by atoms with Crippen LogP contribution in [0, 0.1) is 0 Å². The van der Waals surface area contributed by atoms with Crippen LogP contribution < -0.4 is 10.1 Å². The summed E-state index contributed by atoms with van der Waals surface area (Å²) in [7, 11) is 1.47. The Morgan fingerprint density at radius 2 is 1.96 bits per heavy atom. The zero-order valence-electron chi connectivity index (χ0n) is 13.8. The first-order valence-electron chi connectivity index (χ1n) is 7.58. The van der Waals surface area contributed by atoms with Gasteiger partial charge in [-0.3, -0.25) is 4.79 Å². The van der Waals surface area contributed by atoms with Gasteiger partial charge in [-0.1, -0.05) is 6.92 Å². The molecule has 0 fully saturated rings. The van der Waals surface area contributed by atoms with E-state index < -0.39 is 17.6 Å². The summed E-state index contributed by atoms with van der Waals surface area (Å²) in [6.45, 7) is 2.24. The van der Waals surface area contributed by atoms with Crippen molar-refractivity contribution in [1.29, 1.82) is 0 Å². The summed E-state index contributed by atoms with van der Waals surface area (Å²) in [6, 6.07) is 5.97. The molecular weight excluding hydrogens is 339 g/mol. The molecule has 0 atom stereocenters. The van der Waals surface area contributed by atoms with Crippen LogP contribution in [0.15, 0.2) is 34.7 Å². The molecule has 136 valence electrons. The highest BCUT2D eigenvalue weighted by atomic mass is 19.4. The fraction of sp³-hybridized carbons (Fsp3) is 0.353. The van der Waals surface area contributed by atoms with Gasteiger partial charge in [0.25, 0.3) is 5.91 Å². The molecule has 0 saturated carbocycles. The first-order valence-corrected chi connectivity index (χ1v) is 7.58. The Balaban J connectivity index is 2.26. The molecule has 0 radical (unpaired) electrons. The summed E-state index contributed by atoms with van der Waals surface area (Å²) in [6.07, 6.45) is -3.94. The minimum Gasteiger partial charge on any atom is -0.489 e. The number of furan rings is 1. The van der Waals surface area contributed by atoms with Gasteiger partial charge in [0.1, 0.15) is 18.1 Å². The van der Waals surface area contributed by atoms with Crippen LogP contribution >= 0.6 is 0 Å². The second kappa shape index (κ2) is 8.06. The second-order valence-corrected chi connectivity index (χ2v) is 5.12. The average Bonchev–Trinajstić information content (AvgIpc) is 3.04. The van der Waals surface area contributed by atoms with Crippen LogP contribution in [0.5, 0.6) is 5.75 Å². The van der Waals surface area contributed by atoms with Gasteiger partial charge in [-0.05, 0) is 30.3 Å². The van der Waals surface area contributed by atoms with E-state index in [0.29, 0.717) is 12.2 Å². The van der Waals surface area contributed by atoms with Gasteiger partial charge >= 0.3 is 6.18 Å². The molecule has 5 nitrogen and oxygen atoms in total. The van der Waals surface area contributed by atoms with E-state index in [2.05, 4.69) is 5.32 Å². The van der Waals surface area contributed by atoms with Crippen LogP contribution in [-0.2, 0) is 17.3 Å². The molecule has 0 bridgehead atoms. The Bertz CT molecular complexity index is 725. The Morgan fingerprint density at radius 3 is 2.56 bits per heavy atom. The molecule has 0 aliphatic rings. The quantitative estimate of drug-likeness (QED) is 0.757. The third-order valence-corrected chi connectivity index (χ3v) is 3.33. The third-order valence-electron chi connectivity index (χ3n) is 3.33. The van der Waals surface area contributed by atoms with Crippen LogP contribution in [0.4, 0.5) is 18.9 Å². The van der Waals surface area contributed by atoms with Gasteiger partial charge in [0.15, 0.2) is 5.76 Å². The van der Waals surface area contributed by atoms with Gasteiger partial charge in [0, 0.05) is 13.5 Å². The van der Waals surface area contributed by atoms with E-state index in [-0.39, 0.29) is 30.4 Å². The Hall–Kier alpha value is -2.48. The molecule has 0 aliphatic heterocycles. The smallest absolute Gasteiger partial charge is 0.416 e. The highest BCUT2D eigenvalue weighted by Gasteiger charge is 2.31. The van der Waals surface area contributed by atoms with E-state index in [4.69, 9.17) is 13.9 Å². The van der Waals surface area contributed by atoms with Crippen molar-refractivity contribution >= 4 is 11.6 Å². The summed E-state index contributed by atoms with van der Waals surface area (Å²) in [4.78, 5) is 12.2. The van der Waals surface area contributed by atoms with Crippen molar-refractivity contribution < 1.29 is 31.9 Å². The lowest BCUT2D eigenvalue weighted by atomic mass is 10.1. The number of benzene rings is 1. The Morgan fingerprint density at radius 1 is 1.20 bits per heavy atom. The van der Waals surface area contributed by atoms with Crippen molar-refractivity contribution in [3.63, 3.8) is 0 Å². The van der Waals surface area contributed by atoms with E-state index in [1.807, 2.05) is 6.92 Å². The van der Waals surface area contributed by atoms with Crippen LogP contribution in [0.25, 0.3) is 0 Å². The highest BCUT2D eigenvalue weighted by Crippen LogP contribution is 2.35. The summed E-state index contributed by atoms with van der Waals surface area (Å²) in [5.74, 6) is 0.0687. The van der Waals surface area contributed by atoms with Crippen molar-refractivity contribution in [2.75, 3.05) is 25.6 Å². The van der Waals surface area contributed by atoms with Gasteiger partial charge in [0.2, 0.25) is 0 Å². The summed E-state index contributed by atoms with van der Waals surface area (Å²) in [5, 5.41) is 2.41. The zero-order chi connectivity index (χ0) is 18.4. The lowest BCUT2D eigenvalue weighted by Gasteiger charge is -2.15. The number of nitrogens with one attached hydrogen (secondary N) is 1. The van der Waals surface area contributed by atoms with E-state index in [0.717, 1.165) is 18.2 Å². The van der Waals surface area contributed by atoms with Crippen LogP contribution in [0.2, 0.25) is 0 Å². The second-order valence-electron chi connectivity index (χ2n) is 5.12. The lowest BCUT2D eigenvalue weighted by molar-refractivity contribution is -0.137. The van der Waals surface area contributed by atoms with Gasteiger partial charge < -0.3 is 19.2 Å². The number of amides is 1. The lowest BCUT2D eigenvalue weighted by Crippen LogP contribution is -2.15. The van der Waals surface area contributed by atoms with Gasteiger partial charge in [-0.25, -0.2) is 0 Å². The minimum absolute atomic E-state index is 0.0112. The number of hydrogen-bond acceptors (Lipinski definition) is 4. The summed E-state index contributed by atoms with van der Waals surface area (Å²) >= 11 is 0. The topological polar surface area (TPSA) is 60.7 Å². The standard InChI is InChI=1S/C17H18F3NO4/c1-3-12-5-7-15(25-12)16(22)21-13-10-11(17(18,19)20)4-6-14(13)24-9-8-23-2/h4-7,10H,3,8-9H2,1-2H3,(H,21,22). The molecule has 0 aliphatic carbocycles. The monoisotopic (exact) mass is 357 g/mol. The molecule has 1 N–H and O–H groups in total. The number of ether oxygens (including phenoxy) is 2. The SMILES string of the molecule is CCc1ccc(C(=O)Nc2cc(C(F)(F)F)ccc2OCCOC)o1. The number of aryl methyl sites for hydroxylation is 1. The number of carbonyl (C=O) groups excluding carboxylic acids is 1. The van der Waals surface area contributed by atoms with Gasteiger partial charge in [-0.2, -0.15) is 13.2 Å². The molecule has 1 heterocycles. The van der Waals surface area contributed by atoms with E-state index in [1.54, 1.807) is 6.07 Å². The number of halogens is 3. The minimum atomic E-state index is -4.54. The number of anilines is 1. The molecule has 0 saturated heterocycles. The number of hydrogen-bond donors (Lipinski definition) is 1. The molecule has 1 aromatic heterocycles. The van der Waals surface area contributed by atoms with Crippen molar-refractivity contribution in [1.82, 2.24) is 0 Å². The maximum Gasteiger partial charge on any atom is 0.416 e. The molecule has 1 amide bonds. The number of methoxy groups -OCH3 is 1. The molecule has 0 spiro atoms. The maximum atomic E-state index is 12.9. The summed E-state index contributed by atoms with van der Waals surface area (Å²) in [5.41, 5.74) is -0.985. The Labute approximate surface area is 142 Å². The summed E-state index contributed by atoms with van der Waals surface area (Å²) < 4.78 is 54.3. The predicted octanol–water partition coefficient (Wildman–Crippen LogP) is 4.14.